The van der Waals surface area contributed by atoms with E-state index < -0.39 is 5.82 Å². The Morgan fingerprint density at radius 3 is 1.50 bits per heavy atom. The lowest BCUT2D eigenvalue weighted by molar-refractivity contribution is 0.0744. The molecule has 0 bridgehead atoms. The highest BCUT2D eigenvalue weighted by Gasteiger charge is 2.18. The van der Waals surface area contributed by atoms with Crippen molar-refractivity contribution in [1.29, 1.82) is 0 Å². The molecule has 0 aromatic heterocycles. The molecular weight excluding hydrogens is 373 g/mol. The monoisotopic (exact) mass is 419 g/mol. The topological polar surface area (TPSA) is 20.3 Å². The molecule has 30 heavy (non-hydrogen) atoms. The molecular formula is C27H46FNO. The van der Waals surface area contributed by atoms with Gasteiger partial charge < -0.3 is 4.90 Å². The SMILES string of the molecule is CCCCCCCCCCN(CCCCCCCCCC)C(=O)c1ccccc1F. The number of hydrogen-bond donors (Lipinski definition) is 0. The molecule has 0 fully saturated rings. The Bertz CT molecular complexity index is 525. The molecule has 0 spiro atoms. The van der Waals surface area contributed by atoms with Crippen molar-refractivity contribution in [2.45, 2.75) is 117 Å². The van der Waals surface area contributed by atoms with Crippen LogP contribution in [0.5, 0.6) is 0 Å². The van der Waals surface area contributed by atoms with Crippen LogP contribution in [-0.2, 0) is 0 Å². The van der Waals surface area contributed by atoms with Crippen LogP contribution in [0.4, 0.5) is 4.39 Å². The van der Waals surface area contributed by atoms with Gasteiger partial charge in [0.25, 0.3) is 5.91 Å². The molecule has 0 heterocycles. The normalized spacial score (nSPS) is 11.0. The average molecular weight is 420 g/mol. The van der Waals surface area contributed by atoms with Crippen molar-refractivity contribution in [3.05, 3.63) is 35.6 Å². The highest BCUT2D eigenvalue weighted by molar-refractivity contribution is 5.94. The Morgan fingerprint density at radius 2 is 1.07 bits per heavy atom. The van der Waals surface area contributed by atoms with Gasteiger partial charge >= 0.3 is 0 Å². The Labute approximate surface area is 185 Å². The van der Waals surface area contributed by atoms with Gasteiger partial charge in [0.15, 0.2) is 0 Å². The third-order valence-corrected chi connectivity index (χ3v) is 5.95. The van der Waals surface area contributed by atoms with Gasteiger partial charge in [0.2, 0.25) is 0 Å². The van der Waals surface area contributed by atoms with Gasteiger partial charge in [-0.2, -0.15) is 0 Å². The van der Waals surface area contributed by atoms with E-state index in [-0.39, 0.29) is 11.5 Å². The summed E-state index contributed by atoms with van der Waals surface area (Å²) in [6.07, 6.45) is 20.0. The van der Waals surface area contributed by atoms with Crippen LogP contribution in [0.2, 0.25) is 0 Å². The summed E-state index contributed by atoms with van der Waals surface area (Å²) in [5.74, 6) is -0.543. The van der Waals surface area contributed by atoms with Crippen LogP contribution in [0.3, 0.4) is 0 Å². The number of carbonyl (C=O) groups excluding carboxylic acids is 1. The van der Waals surface area contributed by atoms with E-state index in [1.807, 2.05) is 4.90 Å². The zero-order valence-corrected chi connectivity index (χ0v) is 19.8. The second kappa shape index (κ2) is 18.4. The summed E-state index contributed by atoms with van der Waals surface area (Å²) in [5.41, 5.74) is 0.219. The summed E-state index contributed by atoms with van der Waals surface area (Å²) in [5, 5.41) is 0. The molecule has 172 valence electrons. The minimum Gasteiger partial charge on any atom is -0.339 e. The van der Waals surface area contributed by atoms with Gasteiger partial charge in [-0.25, -0.2) is 4.39 Å². The van der Waals surface area contributed by atoms with Crippen LogP contribution in [0.1, 0.15) is 127 Å². The van der Waals surface area contributed by atoms with E-state index in [4.69, 9.17) is 0 Å². The van der Waals surface area contributed by atoms with Gasteiger partial charge in [0, 0.05) is 13.1 Å². The highest BCUT2D eigenvalue weighted by Crippen LogP contribution is 2.15. The predicted molar refractivity (Wildman–Crippen MR) is 128 cm³/mol. The van der Waals surface area contributed by atoms with Gasteiger partial charge in [-0.15, -0.1) is 0 Å². The molecule has 0 aliphatic heterocycles. The average Bonchev–Trinajstić information content (AvgIpc) is 2.75. The summed E-state index contributed by atoms with van der Waals surface area (Å²) in [4.78, 5) is 14.8. The zero-order chi connectivity index (χ0) is 21.9. The van der Waals surface area contributed by atoms with Crippen molar-refractivity contribution in [2.24, 2.45) is 0 Å². The van der Waals surface area contributed by atoms with E-state index >= 15 is 0 Å². The Balaban J connectivity index is 2.38. The van der Waals surface area contributed by atoms with Crippen LogP contribution < -0.4 is 0 Å². The molecule has 0 aliphatic rings. The second-order valence-electron chi connectivity index (χ2n) is 8.72. The fourth-order valence-electron chi connectivity index (χ4n) is 3.99. The van der Waals surface area contributed by atoms with Crippen molar-refractivity contribution in [3.8, 4) is 0 Å². The van der Waals surface area contributed by atoms with E-state index in [0.717, 1.165) is 38.8 Å². The van der Waals surface area contributed by atoms with Crippen molar-refractivity contribution in [3.63, 3.8) is 0 Å². The van der Waals surface area contributed by atoms with Gasteiger partial charge in [-0.3, -0.25) is 4.79 Å². The third kappa shape index (κ3) is 12.3. The van der Waals surface area contributed by atoms with E-state index in [1.165, 1.54) is 83.1 Å². The quantitative estimate of drug-likeness (QED) is 0.206. The highest BCUT2D eigenvalue weighted by atomic mass is 19.1. The van der Waals surface area contributed by atoms with Crippen molar-refractivity contribution >= 4 is 5.91 Å². The van der Waals surface area contributed by atoms with Crippen molar-refractivity contribution in [2.75, 3.05) is 13.1 Å². The molecule has 3 heteroatoms. The number of unbranched alkanes of at least 4 members (excludes halogenated alkanes) is 14. The number of rotatable bonds is 19. The molecule has 0 saturated carbocycles. The third-order valence-electron chi connectivity index (χ3n) is 5.95. The molecule has 0 saturated heterocycles. The van der Waals surface area contributed by atoms with Gasteiger partial charge in [0.05, 0.1) is 5.56 Å². The summed E-state index contributed by atoms with van der Waals surface area (Å²) in [6, 6.07) is 6.40. The van der Waals surface area contributed by atoms with E-state index in [9.17, 15) is 9.18 Å². The lowest BCUT2D eigenvalue weighted by atomic mass is 10.1. The van der Waals surface area contributed by atoms with Crippen LogP contribution in [0, 0.1) is 5.82 Å². The Hall–Kier alpha value is -1.38. The number of amides is 1. The molecule has 0 unspecified atom stereocenters. The summed E-state index contributed by atoms with van der Waals surface area (Å²) in [6.45, 7) is 5.98. The standard InChI is InChI=1S/C27H46FNO/c1-3-5-7-9-11-13-15-19-23-29(24-20-16-14-12-10-8-6-4-2)27(30)25-21-17-18-22-26(25)28/h17-18,21-22H,3-16,19-20,23-24H2,1-2H3. The molecule has 1 aromatic carbocycles. The Morgan fingerprint density at radius 1 is 0.667 bits per heavy atom. The lowest BCUT2D eigenvalue weighted by Gasteiger charge is -2.23. The van der Waals surface area contributed by atoms with Crippen molar-refractivity contribution < 1.29 is 9.18 Å². The Kier molecular flexibility index (Phi) is 16.3. The largest absolute Gasteiger partial charge is 0.339 e. The second-order valence-corrected chi connectivity index (χ2v) is 8.72. The minimum absolute atomic E-state index is 0.140. The molecule has 0 radical (unpaired) electrons. The first-order valence-corrected chi connectivity index (χ1v) is 12.7. The maximum atomic E-state index is 14.1. The minimum atomic E-state index is -0.403. The lowest BCUT2D eigenvalue weighted by Crippen LogP contribution is -2.33. The molecule has 0 atom stereocenters. The first kappa shape index (κ1) is 26.7. The number of benzene rings is 1. The molecule has 2 nitrogen and oxygen atoms in total. The van der Waals surface area contributed by atoms with Gasteiger partial charge in [-0.1, -0.05) is 116 Å². The number of halogens is 1. The molecule has 0 aliphatic carbocycles. The van der Waals surface area contributed by atoms with E-state index in [0.29, 0.717) is 0 Å². The summed E-state index contributed by atoms with van der Waals surface area (Å²) in [7, 11) is 0. The molecule has 1 aromatic rings. The van der Waals surface area contributed by atoms with E-state index in [2.05, 4.69) is 13.8 Å². The molecule has 1 rings (SSSR count). The van der Waals surface area contributed by atoms with Gasteiger partial charge in [-0.05, 0) is 25.0 Å². The van der Waals surface area contributed by atoms with Gasteiger partial charge in [0.1, 0.15) is 5.82 Å². The fourth-order valence-corrected chi connectivity index (χ4v) is 3.99. The number of hydrogen-bond acceptors (Lipinski definition) is 1. The number of carbonyl (C=O) groups is 1. The predicted octanol–water partition coefficient (Wildman–Crippen LogP) is 8.55. The number of nitrogens with zero attached hydrogens (tertiary/aromatic N) is 1. The maximum absolute atomic E-state index is 14.1. The smallest absolute Gasteiger partial charge is 0.256 e. The zero-order valence-electron chi connectivity index (χ0n) is 19.8. The van der Waals surface area contributed by atoms with E-state index in [1.54, 1.807) is 18.2 Å². The van der Waals surface area contributed by atoms with Crippen molar-refractivity contribution in [1.82, 2.24) is 4.90 Å². The van der Waals surface area contributed by atoms with Crippen LogP contribution >= 0.6 is 0 Å². The first-order valence-electron chi connectivity index (χ1n) is 12.7. The first-order chi connectivity index (χ1) is 14.7. The summed E-state index contributed by atoms with van der Waals surface area (Å²) < 4.78 is 14.1. The molecule has 0 N–H and O–H groups in total. The fraction of sp³-hybridized carbons (Fsp3) is 0.741. The van der Waals surface area contributed by atoms with Crippen LogP contribution in [0.25, 0.3) is 0 Å². The van der Waals surface area contributed by atoms with Crippen LogP contribution in [0.15, 0.2) is 24.3 Å². The molecule has 1 amide bonds. The maximum Gasteiger partial charge on any atom is 0.256 e. The summed E-state index contributed by atoms with van der Waals surface area (Å²) >= 11 is 0. The van der Waals surface area contributed by atoms with Crippen LogP contribution in [-0.4, -0.2) is 23.9 Å².